The lowest BCUT2D eigenvalue weighted by Crippen LogP contribution is -2.27. The molecule has 6 heteroatoms. The Bertz CT molecular complexity index is 417. The Kier molecular flexibility index (Phi) is 2.99. The van der Waals surface area contributed by atoms with Gasteiger partial charge in [0.05, 0.1) is 5.56 Å². The van der Waals surface area contributed by atoms with Crippen LogP contribution in [-0.4, -0.2) is 24.1 Å². The lowest BCUT2D eigenvalue weighted by Gasteiger charge is -2.20. The molecule has 0 bridgehead atoms. The highest BCUT2D eigenvalue weighted by Crippen LogP contribution is 2.31. The molecular weight excluding hydrogens is 231 g/mol. The predicted octanol–water partition coefficient (Wildman–Crippen LogP) is 1.95. The third-order valence-electron chi connectivity index (χ3n) is 2.90. The molecule has 3 nitrogen and oxygen atoms in total. The molecule has 0 aromatic carbocycles. The normalized spacial score (nSPS) is 21.0. The molecule has 94 valence electrons. The minimum atomic E-state index is -4.34. The molecule has 0 saturated carbocycles. The van der Waals surface area contributed by atoms with Gasteiger partial charge in [0.1, 0.15) is 5.82 Å². The monoisotopic (exact) mass is 245 g/mol. The van der Waals surface area contributed by atoms with Crippen LogP contribution in [0.25, 0.3) is 0 Å². The maximum atomic E-state index is 12.5. The summed E-state index contributed by atoms with van der Waals surface area (Å²) in [5, 5.41) is 0. The van der Waals surface area contributed by atoms with Gasteiger partial charge in [-0.2, -0.15) is 13.2 Å². The van der Waals surface area contributed by atoms with Gasteiger partial charge in [-0.25, -0.2) is 4.98 Å². The van der Waals surface area contributed by atoms with E-state index < -0.39 is 11.7 Å². The van der Waals surface area contributed by atoms with Crippen LogP contribution in [0, 0.1) is 6.92 Å². The number of alkyl halides is 3. The number of nitrogens with two attached hydrogens (primary N) is 1. The van der Waals surface area contributed by atoms with Gasteiger partial charge in [0.25, 0.3) is 0 Å². The molecule has 17 heavy (non-hydrogen) atoms. The van der Waals surface area contributed by atoms with Crippen LogP contribution < -0.4 is 10.6 Å². The number of hydrogen-bond donors (Lipinski definition) is 1. The van der Waals surface area contributed by atoms with Crippen molar-refractivity contribution in [1.82, 2.24) is 4.98 Å². The summed E-state index contributed by atoms with van der Waals surface area (Å²) in [6.07, 6.45) is -2.61. The third-order valence-corrected chi connectivity index (χ3v) is 2.90. The third kappa shape index (κ3) is 2.52. The molecular formula is C11H14F3N3. The first-order valence-corrected chi connectivity index (χ1v) is 5.42. The molecule has 1 unspecified atom stereocenters. The molecule has 1 fully saturated rings. The Labute approximate surface area is 97.4 Å². The van der Waals surface area contributed by atoms with Gasteiger partial charge in [-0.3, -0.25) is 0 Å². The van der Waals surface area contributed by atoms with Crippen LogP contribution in [-0.2, 0) is 6.18 Å². The molecule has 1 aromatic heterocycles. The fourth-order valence-corrected chi connectivity index (χ4v) is 2.03. The van der Waals surface area contributed by atoms with E-state index in [-0.39, 0.29) is 6.04 Å². The highest BCUT2D eigenvalue weighted by atomic mass is 19.4. The second kappa shape index (κ2) is 4.18. The van der Waals surface area contributed by atoms with Crippen LogP contribution in [0.15, 0.2) is 12.3 Å². The molecule has 1 aliphatic rings. The Hall–Kier alpha value is -1.30. The van der Waals surface area contributed by atoms with Crippen molar-refractivity contribution in [2.24, 2.45) is 5.73 Å². The van der Waals surface area contributed by atoms with Crippen molar-refractivity contribution in [3.63, 3.8) is 0 Å². The van der Waals surface area contributed by atoms with E-state index in [1.165, 1.54) is 0 Å². The first-order valence-electron chi connectivity index (χ1n) is 5.42. The van der Waals surface area contributed by atoms with Gasteiger partial charge in [0, 0.05) is 25.3 Å². The summed E-state index contributed by atoms with van der Waals surface area (Å²) in [4.78, 5) is 5.84. The Balaban J connectivity index is 2.26. The summed E-state index contributed by atoms with van der Waals surface area (Å²) < 4.78 is 37.4. The molecule has 0 aliphatic carbocycles. The minimum absolute atomic E-state index is 0.0819. The number of pyridine rings is 1. The van der Waals surface area contributed by atoms with Gasteiger partial charge in [-0.05, 0) is 25.0 Å². The molecule has 1 saturated heterocycles. The molecule has 1 aromatic rings. The van der Waals surface area contributed by atoms with Crippen LogP contribution >= 0.6 is 0 Å². The van der Waals surface area contributed by atoms with Crippen molar-refractivity contribution in [2.45, 2.75) is 25.6 Å². The van der Waals surface area contributed by atoms with E-state index in [0.29, 0.717) is 17.9 Å². The SMILES string of the molecule is Cc1cc(C(F)(F)F)cnc1N1CCC(N)C1. The summed E-state index contributed by atoms with van der Waals surface area (Å²) in [6, 6.07) is 1.21. The van der Waals surface area contributed by atoms with Crippen molar-refractivity contribution in [3.05, 3.63) is 23.4 Å². The van der Waals surface area contributed by atoms with E-state index in [1.54, 1.807) is 6.92 Å². The predicted molar refractivity (Wildman–Crippen MR) is 58.8 cm³/mol. The zero-order chi connectivity index (χ0) is 12.6. The topological polar surface area (TPSA) is 42.2 Å². The first kappa shape index (κ1) is 12.2. The van der Waals surface area contributed by atoms with Gasteiger partial charge >= 0.3 is 6.18 Å². The van der Waals surface area contributed by atoms with E-state index in [4.69, 9.17) is 5.73 Å². The first-order chi connectivity index (χ1) is 7.88. The number of rotatable bonds is 1. The molecule has 0 radical (unpaired) electrons. The summed E-state index contributed by atoms with van der Waals surface area (Å²) in [7, 11) is 0. The second-order valence-corrected chi connectivity index (χ2v) is 4.36. The molecule has 0 spiro atoms. The summed E-state index contributed by atoms with van der Waals surface area (Å²) in [5.74, 6) is 0.603. The number of hydrogen-bond acceptors (Lipinski definition) is 3. The maximum absolute atomic E-state index is 12.5. The Morgan fingerprint density at radius 2 is 2.18 bits per heavy atom. The highest BCUT2D eigenvalue weighted by molar-refractivity contribution is 5.48. The smallest absolute Gasteiger partial charge is 0.355 e. The number of halogens is 3. The number of anilines is 1. The molecule has 0 amide bonds. The maximum Gasteiger partial charge on any atom is 0.417 e. The van der Waals surface area contributed by atoms with Gasteiger partial charge in [0.2, 0.25) is 0 Å². The lowest BCUT2D eigenvalue weighted by molar-refractivity contribution is -0.137. The van der Waals surface area contributed by atoms with E-state index >= 15 is 0 Å². The van der Waals surface area contributed by atoms with Gasteiger partial charge in [-0.1, -0.05) is 0 Å². The van der Waals surface area contributed by atoms with E-state index in [9.17, 15) is 13.2 Å². The zero-order valence-electron chi connectivity index (χ0n) is 9.46. The van der Waals surface area contributed by atoms with Crippen LogP contribution in [0.1, 0.15) is 17.5 Å². The number of nitrogens with zero attached hydrogens (tertiary/aromatic N) is 2. The van der Waals surface area contributed by atoms with Crippen LogP contribution in [0.5, 0.6) is 0 Å². The molecule has 1 atom stereocenters. The largest absolute Gasteiger partial charge is 0.417 e. The fraction of sp³-hybridized carbons (Fsp3) is 0.545. The van der Waals surface area contributed by atoms with Gasteiger partial charge < -0.3 is 10.6 Å². The average Bonchev–Trinajstić information content (AvgIpc) is 2.63. The molecule has 1 aliphatic heterocycles. The van der Waals surface area contributed by atoms with Crippen molar-refractivity contribution in [1.29, 1.82) is 0 Å². The van der Waals surface area contributed by atoms with Gasteiger partial charge in [-0.15, -0.1) is 0 Å². The Morgan fingerprint density at radius 3 is 2.65 bits per heavy atom. The number of aromatic nitrogens is 1. The lowest BCUT2D eigenvalue weighted by atomic mass is 10.2. The Morgan fingerprint density at radius 1 is 1.47 bits per heavy atom. The van der Waals surface area contributed by atoms with E-state index in [1.807, 2.05) is 4.90 Å². The van der Waals surface area contributed by atoms with Crippen LogP contribution in [0.4, 0.5) is 19.0 Å². The van der Waals surface area contributed by atoms with Crippen molar-refractivity contribution in [2.75, 3.05) is 18.0 Å². The summed E-state index contributed by atoms with van der Waals surface area (Å²) >= 11 is 0. The van der Waals surface area contributed by atoms with Crippen LogP contribution in [0.3, 0.4) is 0 Å². The number of aryl methyl sites for hydroxylation is 1. The molecule has 2 N–H and O–H groups in total. The average molecular weight is 245 g/mol. The van der Waals surface area contributed by atoms with Crippen molar-refractivity contribution >= 4 is 5.82 Å². The zero-order valence-corrected chi connectivity index (χ0v) is 9.46. The van der Waals surface area contributed by atoms with Crippen molar-refractivity contribution in [3.8, 4) is 0 Å². The quantitative estimate of drug-likeness (QED) is 0.822. The summed E-state index contributed by atoms with van der Waals surface area (Å²) in [5.41, 5.74) is 5.59. The minimum Gasteiger partial charge on any atom is -0.355 e. The van der Waals surface area contributed by atoms with E-state index in [2.05, 4.69) is 4.98 Å². The standard InChI is InChI=1S/C11H14F3N3/c1-7-4-8(11(12,13)14)5-16-10(7)17-3-2-9(15)6-17/h4-5,9H,2-3,6,15H2,1H3. The van der Waals surface area contributed by atoms with Crippen LogP contribution in [0.2, 0.25) is 0 Å². The fourth-order valence-electron chi connectivity index (χ4n) is 2.03. The molecule has 2 rings (SSSR count). The molecule has 2 heterocycles. The van der Waals surface area contributed by atoms with E-state index in [0.717, 1.165) is 25.2 Å². The van der Waals surface area contributed by atoms with Crippen molar-refractivity contribution < 1.29 is 13.2 Å². The second-order valence-electron chi connectivity index (χ2n) is 4.36. The highest BCUT2D eigenvalue weighted by Gasteiger charge is 2.32. The summed E-state index contributed by atoms with van der Waals surface area (Å²) in [6.45, 7) is 3.04. The van der Waals surface area contributed by atoms with Gasteiger partial charge in [0.15, 0.2) is 0 Å².